The van der Waals surface area contributed by atoms with Crippen molar-refractivity contribution in [2.45, 2.75) is 6.92 Å². The van der Waals surface area contributed by atoms with Crippen LogP contribution < -0.4 is 11.5 Å². The fourth-order valence-electron chi connectivity index (χ4n) is 1.50. The Balaban J connectivity index is 2.52. The number of guanidine groups is 1. The standard InChI is InChI=1S/C12H13N3S/c1-8-6-7-11(16-8)9-4-2-3-5-10(9)15-12(13)14/h2-7H,1H3,(H4,13,14,15). The average Bonchev–Trinajstić information content (AvgIpc) is 2.65. The SMILES string of the molecule is Cc1ccc(-c2ccccc2N=C(N)N)s1. The third kappa shape index (κ3) is 2.23. The average molecular weight is 231 g/mol. The largest absolute Gasteiger partial charge is 0.370 e. The Morgan fingerprint density at radius 2 is 1.88 bits per heavy atom. The van der Waals surface area contributed by atoms with E-state index in [-0.39, 0.29) is 5.96 Å². The molecule has 16 heavy (non-hydrogen) atoms. The van der Waals surface area contributed by atoms with E-state index in [1.54, 1.807) is 11.3 Å². The van der Waals surface area contributed by atoms with Gasteiger partial charge in [0.25, 0.3) is 0 Å². The van der Waals surface area contributed by atoms with Gasteiger partial charge in [0.05, 0.1) is 5.69 Å². The highest BCUT2D eigenvalue weighted by Crippen LogP contribution is 2.34. The summed E-state index contributed by atoms with van der Waals surface area (Å²) in [6, 6.07) is 12.0. The third-order valence-electron chi connectivity index (χ3n) is 2.16. The Morgan fingerprint density at radius 3 is 2.50 bits per heavy atom. The van der Waals surface area contributed by atoms with Crippen molar-refractivity contribution in [2.24, 2.45) is 16.5 Å². The third-order valence-corrected chi connectivity index (χ3v) is 3.19. The predicted molar refractivity (Wildman–Crippen MR) is 70.0 cm³/mol. The normalized spacial score (nSPS) is 10.1. The zero-order valence-corrected chi connectivity index (χ0v) is 9.79. The summed E-state index contributed by atoms with van der Waals surface area (Å²) >= 11 is 1.73. The van der Waals surface area contributed by atoms with Crippen molar-refractivity contribution in [3.05, 3.63) is 41.3 Å². The minimum absolute atomic E-state index is 0.0840. The Labute approximate surface area is 98.4 Å². The van der Waals surface area contributed by atoms with Crippen LogP contribution in [0.1, 0.15) is 4.88 Å². The number of nitrogens with two attached hydrogens (primary N) is 2. The first kappa shape index (κ1) is 10.7. The molecule has 0 saturated heterocycles. The van der Waals surface area contributed by atoms with E-state index in [0.29, 0.717) is 0 Å². The van der Waals surface area contributed by atoms with Crippen LogP contribution in [0.3, 0.4) is 0 Å². The molecule has 0 saturated carbocycles. The lowest BCUT2D eigenvalue weighted by Gasteiger charge is -2.02. The van der Waals surface area contributed by atoms with Crippen molar-refractivity contribution < 1.29 is 0 Å². The van der Waals surface area contributed by atoms with Gasteiger partial charge in [-0.3, -0.25) is 0 Å². The fourth-order valence-corrected chi connectivity index (χ4v) is 2.40. The second-order valence-electron chi connectivity index (χ2n) is 3.46. The highest BCUT2D eigenvalue weighted by atomic mass is 32.1. The smallest absolute Gasteiger partial charge is 0.191 e. The molecule has 4 N–H and O–H groups in total. The molecule has 0 fully saturated rings. The van der Waals surface area contributed by atoms with E-state index in [1.807, 2.05) is 24.3 Å². The van der Waals surface area contributed by atoms with Gasteiger partial charge in [0.1, 0.15) is 0 Å². The van der Waals surface area contributed by atoms with Crippen molar-refractivity contribution in [3.63, 3.8) is 0 Å². The summed E-state index contributed by atoms with van der Waals surface area (Å²) in [5.74, 6) is 0.0840. The first-order valence-corrected chi connectivity index (χ1v) is 5.74. The quantitative estimate of drug-likeness (QED) is 0.616. The molecule has 0 spiro atoms. The van der Waals surface area contributed by atoms with Crippen LogP contribution in [0.5, 0.6) is 0 Å². The van der Waals surface area contributed by atoms with Crippen LogP contribution in [-0.2, 0) is 0 Å². The summed E-state index contributed by atoms with van der Waals surface area (Å²) in [5.41, 5.74) is 12.7. The van der Waals surface area contributed by atoms with Gasteiger partial charge in [0.2, 0.25) is 0 Å². The van der Waals surface area contributed by atoms with Gasteiger partial charge in [-0.05, 0) is 25.1 Å². The van der Waals surface area contributed by atoms with Crippen LogP contribution in [0.15, 0.2) is 41.4 Å². The molecule has 2 rings (SSSR count). The Kier molecular flexibility index (Phi) is 2.92. The van der Waals surface area contributed by atoms with Gasteiger partial charge in [-0.25, -0.2) is 4.99 Å². The number of para-hydroxylation sites is 1. The predicted octanol–water partition coefficient (Wildman–Crippen LogP) is 2.63. The minimum atomic E-state index is 0.0840. The molecule has 82 valence electrons. The maximum Gasteiger partial charge on any atom is 0.191 e. The number of aliphatic imine (C=N–C) groups is 1. The van der Waals surface area contributed by atoms with Gasteiger partial charge in [0, 0.05) is 15.3 Å². The summed E-state index contributed by atoms with van der Waals surface area (Å²) < 4.78 is 0. The van der Waals surface area contributed by atoms with Crippen molar-refractivity contribution in [2.75, 3.05) is 0 Å². The Bertz CT molecular complexity index is 525. The molecule has 0 radical (unpaired) electrons. The van der Waals surface area contributed by atoms with Crippen LogP contribution in [0.2, 0.25) is 0 Å². The van der Waals surface area contributed by atoms with Crippen LogP contribution in [-0.4, -0.2) is 5.96 Å². The molecule has 1 aromatic carbocycles. The Hall–Kier alpha value is -1.81. The van der Waals surface area contributed by atoms with Crippen LogP contribution in [0.4, 0.5) is 5.69 Å². The molecule has 0 unspecified atom stereocenters. The topological polar surface area (TPSA) is 64.4 Å². The molecule has 0 aliphatic carbocycles. The lowest BCUT2D eigenvalue weighted by molar-refractivity contribution is 1.42. The molecule has 4 heteroatoms. The van der Waals surface area contributed by atoms with Crippen molar-refractivity contribution in [3.8, 4) is 10.4 Å². The van der Waals surface area contributed by atoms with Crippen LogP contribution >= 0.6 is 11.3 Å². The maximum atomic E-state index is 5.41. The fraction of sp³-hybridized carbons (Fsp3) is 0.0833. The highest BCUT2D eigenvalue weighted by molar-refractivity contribution is 7.15. The van der Waals surface area contributed by atoms with Crippen molar-refractivity contribution in [1.29, 1.82) is 0 Å². The van der Waals surface area contributed by atoms with E-state index in [2.05, 4.69) is 24.0 Å². The number of aryl methyl sites for hydroxylation is 1. The maximum absolute atomic E-state index is 5.41. The van der Waals surface area contributed by atoms with Gasteiger partial charge in [-0.15, -0.1) is 11.3 Å². The molecule has 0 bridgehead atoms. The lowest BCUT2D eigenvalue weighted by Crippen LogP contribution is -2.21. The van der Waals surface area contributed by atoms with Crippen LogP contribution in [0.25, 0.3) is 10.4 Å². The van der Waals surface area contributed by atoms with Crippen molar-refractivity contribution in [1.82, 2.24) is 0 Å². The molecule has 0 atom stereocenters. The summed E-state index contributed by atoms with van der Waals surface area (Å²) in [7, 11) is 0. The first-order valence-electron chi connectivity index (χ1n) is 4.92. The summed E-state index contributed by atoms with van der Waals surface area (Å²) in [4.78, 5) is 6.58. The molecule has 0 amide bonds. The molecule has 0 aliphatic heterocycles. The number of benzene rings is 1. The second kappa shape index (κ2) is 4.37. The number of hydrogen-bond donors (Lipinski definition) is 2. The van der Waals surface area contributed by atoms with Crippen LogP contribution in [0, 0.1) is 6.92 Å². The molecule has 1 aromatic heterocycles. The summed E-state index contributed by atoms with van der Waals surface area (Å²) in [6.45, 7) is 2.08. The summed E-state index contributed by atoms with van der Waals surface area (Å²) in [6.07, 6.45) is 0. The molecule has 2 aromatic rings. The van der Waals surface area contributed by atoms with E-state index >= 15 is 0 Å². The molecular weight excluding hydrogens is 218 g/mol. The molecule has 0 aliphatic rings. The molecule has 1 heterocycles. The zero-order chi connectivity index (χ0) is 11.5. The molecular formula is C12H13N3S. The van der Waals surface area contributed by atoms with E-state index in [9.17, 15) is 0 Å². The number of hydrogen-bond acceptors (Lipinski definition) is 2. The van der Waals surface area contributed by atoms with Gasteiger partial charge in [-0.2, -0.15) is 0 Å². The van der Waals surface area contributed by atoms with Gasteiger partial charge in [-0.1, -0.05) is 18.2 Å². The zero-order valence-electron chi connectivity index (χ0n) is 8.97. The minimum Gasteiger partial charge on any atom is -0.370 e. The van der Waals surface area contributed by atoms with Crippen molar-refractivity contribution >= 4 is 23.0 Å². The number of rotatable bonds is 2. The van der Waals surface area contributed by atoms with E-state index in [0.717, 1.165) is 11.3 Å². The van der Waals surface area contributed by atoms with E-state index < -0.39 is 0 Å². The van der Waals surface area contributed by atoms with Gasteiger partial charge >= 0.3 is 0 Å². The monoisotopic (exact) mass is 231 g/mol. The molecule has 3 nitrogen and oxygen atoms in total. The number of nitrogens with zero attached hydrogens (tertiary/aromatic N) is 1. The summed E-state index contributed by atoms with van der Waals surface area (Å²) in [5, 5.41) is 0. The Morgan fingerprint density at radius 1 is 1.12 bits per heavy atom. The highest BCUT2D eigenvalue weighted by Gasteiger charge is 2.05. The van der Waals surface area contributed by atoms with E-state index in [4.69, 9.17) is 11.5 Å². The first-order chi connectivity index (χ1) is 7.66. The number of thiophene rings is 1. The van der Waals surface area contributed by atoms with Gasteiger partial charge < -0.3 is 11.5 Å². The second-order valence-corrected chi connectivity index (χ2v) is 4.75. The lowest BCUT2D eigenvalue weighted by atomic mass is 10.1. The van der Waals surface area contributed by atoms with Gasteiger partial charge in [0.15, 0.2) is 5.96 Å². The van der Waals surface area contributed by atoms with E-state index in [1.165, 1.54) is 9.75 Å².